The van der Waals surface area contributed by atoms with Crippen LogP contribution in [-0.4, -0.2) is 0 Å². The van der Waals surface area contributed by atoms with Gasteiger partial charge in [-0.2, -0.15) is 0 Å². The van der Waals surface area contributed by atoms with Gasteiger partial charge in [0, 0.05) is 5.41 Å². The van der Waals surface area contributed by atoms with Gasteiger partial charge < -0.3 is 0 Å². The van der Waals surface area contributed by atoms with Crippen molar-refractivity contribution in [2.75, 3.05) is 0 Å². The van der Waals surface area contributed by atoms with E-state index in [1.165, 1.54) is 64.2 Å². The predicted octanol–water partition coefficient (Wildman–Crippen LogP) is 6.91. The summed E-state index contributed by atoms with van der Waals surface area (Å²) in [7, 11) is 0. The second-order valence-electron chi connectivity index (χ2n) is 8.84. The Hall–Kier alpha value is -1.04. The molecule has 0 heterocycles. The Balaban J connectivity index is 1.62. The van der Waals surface area contributed by atoms with Gasteiger partial charge in [-0.25, -0.2) is 0 Å². The van der Waals surface area contributed by atoms with Crippen LogP contribution in [0.5, 0.6) is 0 Å². The molecule has 0 heteroatoms. The SMILES string of the molecule is CC1(C)C=C(C2CCCCC2)C=C2C=C(C3CCCCC3)C=C21. The van der Waals surface area contributed by atoms with Crippen LogP contribution in [0.1, 0.15) is 78.1 Å². The molecular weight excluding hydrogens is 276 g/mol. The van der Waals surface area contributed by atoms with Crippen molar-refractivity contribution in [2.24, 2.45) is 17.3 Å². The maximum absolute atomic E-state index is 2.59. The molecule has 4 aliphatic carbocycles. The zero-order valence-electron chi connectivity index (χ0n) is 15.0. The number of rotatable bonds is 2. The lowest BCUT2D eigenvalue weighted by molar-refractivity contribution is 0.401. The molecule has 0 aromatic carbocycles. The number of hydrogen-bond acceptors (Lipinski definition) is 0. The van der Waals surface area contributed by atoms with Crippen LogP contribution < -0.4 is 0 Å². The molecule has 4 rings (SSSR count). The fourth-order valence-corrected chi connectivity index (χ4v) is 5.29. The van der Waals surface area contributed by atoms with Crippen molar-refractivity contribution >= 4 is 0 Å². The Morgan fingerprint density at radius 1 is 0.696 bits per heavy atom. The highest BCUT2D eigenvalue weighted by atomic mass is 14.4. The van der Waals surface area contributed by atoms with Crippen molar-refractivity contribution in [1.82, 2.24) is 0 Å². The summed E-state index contributed by atoms with van der Waals surface area (Å²) < 4.78 is 0. The van der Waals surface area contributed by atoms with Crippen LogP contribution >= 0.6 is 0 Å². The molecule has 0 aromatic heterocycles. The smallest absolute Gasteiger partial charge is 0.00872 e. The summed E-state index contributed by atoms with van der Waals surface area (Å²) in [5.74, 6) is 1.65. The zero-order chi connectivity index (χ0) is 15.9. The van der Waals surface area contributed by atoms with E-state index in [2.05, 4.69) is 38.2 Å². The van der Waals surface area contributed by atoms with Crippen LogP contribution in [0.4, 0.5) is 0 Å². The molecule has 0 amide bonds. The molecule has 0 aromatic rings. The lowest BCUT2D eigenvalue weighted by Crippen LogP contribution is -2.19. The Morgan fingerprint density at radius 3 is 1.87 bits per heavy atom. The molecule has 2 fully saturated rings. The largest absolute Gasteiger partial charge is 0.0709 e. The monoisotopic (exact) mass is 308 g/mol. The second-order valence-corrected chi connectivity index (χ2v) is 8.84. The van der Waals surface area contributed by atoms with Gasteiger partial charge in [0.25, 0.3) is 0 Å². The highest BCUT2D eigenvalue weighted by Gasteiger charge is 2.33. The summed E-state index contributed by atoms with van der Waals surface area (Å²) in [6.45, 7) is 4.85. The number of hydrogen-bond donors (Lipinski definition) is 0. The minimum atomic E-state index is 0.212. The zero-order valence-corrected chi connectivity index (χ0v) is 15.0. The lowest BCUT2D eigenvalue weighted by atomic mass is 9.71. The Kier molecular flexibility index (Phi) is 4.12. The summed E-state index contributed by atoms with van der Waals surface area (Å²) in [4.78, 5) is 0. The van der Waals surface area contributed by atoms with Crippen molar-refractivity contribution in [2.45, 2.75) is 78.1 Å². The molecule has 0 aliphatic heterocycles. The highest BCUT2D eigenvalue weighted by Crippen LogP contribution is 2.48. The minimum absolute atomic E-state index is 0.212. The van der Waals surface area contributed by atoms with E-state index in [0.717, 1.165) is 11.8 Å². The Bertz CT molecular complexity index is 582. The van der Waals surface area contributed by atoms with Crippen molar-refractivity contribution in [3.8, 4) is 0 Å². The normalized spacial score (nSPS) is 28.6. The summed E-state index contributed by atoms with van der Waals surface area (Å²) in [5, 5.41) is 0. The molecule has 4 aliphatic rings. The van der Waals surface area contributed by atoms with Gasteiger partial charge in [-0.1, -0.05) is 76.7 Å². The van der Waals surface area contributed by atoms with E-state index in [0.29, 0.717) is 0 Å². The third kappa shape index (κ3) is 3.02. The van der Waals surface area contributed by atoms with E-state index in [1.54, 1.807) is 22.3 Å². The molecule has 0 saturated heterocycles. The van der Waals surface area contributed by atoms with Crippen molar-refractivity contribution in [1.29, 1.82) is 0 Å². The number of allylic oxidation sites excluding steroid dienone is 8. The molecule has 0 N–H and O–H groups in total. The van der Waals surface area contributed by atoms with Gasteiger partial charge in [0.15, 0.2) is 0 Å². The molecule has 2 saturated carbocycles. The van der Waals surface area contributed by atoms with Crippen LogP contribution in [0.15, 0.2) is 46.6 Å². The molecule has 0 bridgehead atoms. The lowest BCUT2D eigenvalue weighted by Gasteiger charge is -2.33. The van der Waals surface area contributed by atoms with Crippen LogP contribution in [0.2, 0.25) is 0 Å². The average Bonchev–Trinajstić information content (AvgIpc) is 3.01. The fraction of sp³-hybridized carbons (Fsp3) is 0.652. The quantitative estimate of drug-likeness (QED) is 0.520. The molecule has 0 atom stereocenters. The summed E-state index contributed by atoms with van der Waals surface area (Å²) in [6, 6.07) is 0. The maximum Gasteiger partial charge on any atom is 0.00872 e. The molecule has 23 heavy (non-hydrogen) atoms. The van der Waals surface area contributed by atoms with Gasteiger partial charge in [0.1, 0.15) is 0 Å². The highest BCUT2D eigenvalue weighted by molar-refractivity contribution is 5.62. The van der Waals surface area contributed by atoms with Gasteiger partial charge in [-0.3, -0.25) is 0 Å². The molecule has 0 radical (unpaired) electrons. The standard InChI is InChI=1S/C23H32/c1-23(2)16-21(18-11-7-4-8-12-18)14-20-13-19(15-22(20)23)17-9-5-3-6-10-17/h13-18H,3-12H2,1-2H3. The molecular formula is C23H32. The first-order chi connectivity index (χ1) is 11.1. The van der Waals surface area contributed by atoms with Gasteiger partial charge in [0.05, 0.1) is 0 Å². The third-order valence-corrected chi connectivity index (χ3v) is 6.64. The third-order valence-electron chi connectivity index (χ3n) is 6.64. The first-order valence-electron chi connectivity index (χ1n) is 10.0. The van der Waals surface area contributed by atoms with Gasteiger partial charge in [-0.05, 0) is 59.8 Å². The Labute approximate surface area is 142 Å². The first kappa shape index (κ1) is 15.5. The van der Waals surface area contributed by atoms with E-state index < -0.39 is 0 Å². The second kappa shape index (κ2) is 6.11. The van der Waals surface area contributed by atoms with E-state index in [-0.39, 0.29) is 5.41 Å². The summed E-state index contributed by atoms with van der Waals surface area (Å²) >= 11 is 0. The average molecular weight is 309 g/mol. The van der Waals surface area contributed by atoms with Gasteiger partial charge >= 0.3 is 0 Å². The van der Waals surface area contributed by atoms with Crippen molar-refractivity contribution in [3.05, 3.63) is 46.6 Å². The first-order valence-corrected chi connectivity index (χ1v) is 10.0. The van der Waals surface area contributed by atoms with Gasteiger partial charge in [0.2, 0.25) is 0 Å². The van der Waals surface area contributed by atoms with E-state index in [4.69, 9.17) is 0 Å². The van der Waals surface area contributed by atoms with Crippen LogP contribution in [0.3, 0.4) is 0 Å². The Morgan fingerprint density at radius 2 is 1.26 bits per heavy atom. The minimum Gasteiger partial charge on any atom is -0.0709 e. The van der Waals surface area contributed by atoms with Gasteiger partial charge in [-0.15, -0.1) is 0 Å². The molecule has 0 nitrogen and oxygen atoms in total. The predicted molar refractivity (Wildman–Crippen MR) is 99.3 cm³/mol. The van der Waals surface area contributed by atoms with E-state index in [1.807, 2.05) is 0 Å². The molecule has 0 spiro atoms. The summed E-state index contributed by atoms with van der Waals surface area (Å²) in [6.07, 6.45) is 24.5. The van der Waals surface area contributed by atoms with E-state index in [9.17, 15) is 0 Å². The molecule has 0 unspecified atom stereocenters. The topological polar surface area (TPSA) is 0 Å². The van der Waals surface area contributed by atoms with Crippen molar-refractivity contribution in [3.63, 3.8) is 0 Å². The van der Waals surface area contributed by atoms with Crippen LogP contribution in [0.25, 0.3) is 0 Å². The summed E-state index contributed by atoms with van der Waals surface area (Å²) in [5.41, 5.74) is 6.61. The molecule has 124 valence electrons. The van der Waals surface area contributed by atoms with Crippen LogP contribution in [0, 0.1) is 17.3 Å². The number of fused-ring (bicyclic) bond motifs is 1. The van der Waals surface area contributed by atoms with Crippen molar-refractivity contribution < 1.29 is 0 Å². The van der Waals surface area contributed by atoms with Crippen LogP contribution in [-0.2, 0) is 0 Å². The fourth-order valence-electron chi connectivity index (χ4n) is 5.29. The maximum atomic E-state index is 2.59. The van der Waals surface area contributed by atoms with E-state index >= 15 is 0 Å².